The summed E-state index contributed by atoms with van der Waals surface area (Å²) in [7, 11) is 0. The summed E-state index contributed by atoms with van der Waals surface area (Å²) in [5, 5.41) is 13.0. The summed E-state index contributed by atoms with van der Waals surface area (Å²) in [5.41, 5.74) is 0.000912. The van der Waals surface area contributed by atoms with Gasteiger partial charge in [-0.1, -0.05) is 9.94 Å². The van der Waals surface area contributed by atoms with Crippen LogP contribution < -0.4 is 4.74 Å². The number of carbonyl (C=O) groups is 1. The van der Waals surface area contributed by atoms with E-state index in [9.17, 15) is 14.4 Å². The molecule has 9 heteroatoms. The Kier molecular flexibility index (Phi) is 4.08. The Bertz CT molecular complexity index is 616. The Balaban J connectivity index is 2.14. The maximum atomic E-state index is 13.5. The van der Waals surface area contributed by atoms with E-state index in [0.29, 0.717) is 4.85 Å². The number of aromatic nitrogens is 4. The summed E-state index contributed by atoms with van der Waals surface area (Å²) in [6.07, 6.45) is 2.31. The largest absolute Gasteiger partial charge is 0.463 e. The van der Waals surface area contributed by atoms with Crippen LogP contribution in [-0.2, 0) is 9.53 Å². The standard InChI is InChI=1S/C11H11FN4O4/c1-2-19-9(17)6-20-11-14-10(16(18)15-11)7-3-4-13-5-8(7)12/h3-5,18H,2,6H2,1H3. The minimum atomic E-state index is -0.674. The zero-order valence-electron chi connectivity index (χ0n) is 10.5. The molecule has 0 aromatic carbocycles. The molecule has 8 nitrogen and oxygen atoms in total. The van der Waals surface area contributed by atoms with E-state index in [4.69, 9.17) is 4.74 Å². The van der Waals surface area contributed by atoms with Gasteiger partial charge in [0.2, 0.25) is 5.82 Å². The Hall–Kier alpha value is -2.71. The predicted octanol–water partition coefficient (Wildman–Crippen LogP) is 0.658. The molecule has 0 radical (unpaired) electrons. The third-order valence-corrected chi connectivity index (χ3v) is 2.21. The summed E-state index contributed by atoms with van der Waals surface area (Å²) in [6, 6.07) is 1.05. The zero-order chi connectivity index (χ0) is 14.5. The number of rotatable bonds is 5. The fourth-order valence-corrected chi connectivity index (χ4v) is 1.40. The van der Waals surface area contributed by atoms with Crippen molar-refractivity contribution >= 4 is 5.97 Å². The van der Waals surface area contributed by atoms with Crippen molar-refractivity contribution in [2.45, 2.75) is 6.92 Å². The van der Waals surface area contributed by atoms with Gasteiger partial charge in [0.15, 0.2) is 12.4 Å². The molecular weight excluding hydrogens is 271 g/mol. The number of carbonyl (C=O) groups excluding carboxylic acids is 1. The Morgan fingerprint density at radius 2 is 2.35 bits per heavy atom. The average molecular weight is 282 g/mol. The van der Waals surface area contributed by atoms with E-state index in [2.05, 4.69) is 19.8 Å². The minimum Gasteiger partial charge on any atom is -0.463 e. The minimum absolute atomic E-state index is 0.000912. The highest BCUT2D eigenvalue weighted by molar-refractivity contribution is 5.70. The lowest BCUT2D eigenvalue weighted by atomic mass is 10.2. The SMILES string of the molecule is CCOC(=O)COc1nc(-c2ccncc2F)n(O)n1. The van der Waals surface area contributed by atoms with Crippen LogP contribution in [0.15, 0.2) is 18.5 Å². The molecular formula is C11H11FN4O4. The zero-order valence-corrected chi connectivity index (χ0v) is 10.5. The molecule has 106 valence electrons. The monoisotopic (exact) mass is 282 g/mol. The molecule has 2 aromatic rings. The molecule has 0 aliphatic carbocycles. The van der Waals surface area contributed by atoms with E-state index in [0.717, 1.165) is 6.20 Å². The van der Waals surface area contributed by atoms with Crippen molar-refractivity contribution in [3.8, 4) is 17.4 Å². The second-order valence-corrected chi connectivity index (χ2v) is 3.56. The number of hydrogen-bond acceptors (Lipinski definition) is 7. The highest BCUT2D eigenvalue weighted by Gasteiger charge is 2.17. The van der Waals surface area contributed by atoms with Crippen molar-refractivity contribution < 1.29 is 23.9 Å². The number of halogens is 1. The summed E-state index contributed by atoms with van der Waals surface area (Å²) < 4.78 is 23.1. The molecule has 0 aliphatic heterocycles. The van der Waals surface area contributed by atoms with Gasteiger partial charge in [0.25, 0.3) is 0 Å². The van der Waals surface area contributed by atoms with Crippen LogP contribution in [0.2, 0.25) is 0 Å². The third-order valence-electron chi connectivity index (χ3n) is 2.21. The maximum Gasteiger partial charge on any atom is 0.344 e. The van der Waals surface area contributed by atoms with Gasteiger partial charge in [0.05, 0.1) is 18.4 Å². The predicted molar refractivity (Wildman–Crippen MR) is 62.5 cm³/mol. The first kappa shape index (κ1) is 13.7. The van der Waals surface area contributed by atoms with Gasteiger partial charge in [-0.05, 0) is 13.0 Å². The van der Waals surface area contributed by atoms with E-state index >= 15 is 0 Å². The van der Waals surface area contributed by atoms with Crippen LogP contribution in [0.5, 0.6) is 6.01 Å². The van der Waals surface area contributed by atoms with Gasteiger partial charge in [-0.2, -0.15) is 4.98 Å². The fraction of sp³-hybridized carbons (Fsp3) is 0.273. The van der Waals surface area contributed by atoms with Gasteiger partial charge >= 0.3 is 12.0 Å². The van der Waals surface area contributed by atoms with Crippen molar-refractivity contribution in [1.29, 1.82) is 0 Å². The summed E-state index contributed by atoms with van der Waals surface area (Å²) in [5.74, 6) is -1.44. The molecule has 0 saturated carbocycles. The third kappa shape index (κ3) is 2.99. The fourth-order valence-electron chi connectivity index (χ4n) is 1.40. The topological polar surface area (TPSA) is 99.4 Å². The molecule has 2 heterocycles. The second kappa shape index (κ2) is 5.95. The molecule has 0 amide bonds. The lowest BCUT2D eigenvalue weighted by molar-refractivity contribution is -0.145. The number of ether oxygens (including phenoxy) is 2. The van der Waals surface area contributed by atoms with Crippen molar-refractivity contribution in [3.05, 3.63) is 24.3 Å². The Morgan fingerprint density at radius 1 is 1.55 bits per heavy atom. The van der Waals surface area contributed by atoms with Crippen LogP contribution in [0, 0.1) is 5.82 Å². The van der Waals surface area contributed by atoms with Crippen LogP contribution in [0.3, 0.4) is 0 Å². The molecule has 0 bridgehead atoms. The molecule has 0 atom stereocenters. The van der Waals surface area contributed by atoms with Crippen LogP contribution in [0.1, 0.15) is 6.92 Å². The number of esters is 1. The Labute approximate surface area is 112 Å². The molecule has 20 heavy (non-hydrogen) atoms. The van der Waals surface area contributed by atoms with Crippen LogP contribution in [0.4, 0.5) is 4.39 Å². The van der Waals surface area contributed by atoms with Gasteiger partial charge in [0.1, 0.15) is 0 Å². The highest BCUT2D eigenvalue weighted by atomic mass is 19.1. The van der Waals surface area contributed by atoms with Crippen LogP contribution in [-0.4, -0.2) is 44.3 Å². The smallest absolute Gasteiger partial charge is 0.344 e. The molecule has 0 spiro atoms. The van der Waals surface area contributed by atoms with E-state index in [1.54, 1.807) is 6.92 Å². The van der Waals surface area contributed by atoms with Crippen molar-refractivity contribution in [3.63, 3.8) is 0 Å². The molecule has 2 rings (SSSR count). The Morgan fingerprint density at radius 3 is 3.05 bits per heavy atom. The van der Waals surface area contributed by atoms with Gasteiger partial charge in [-0.25, -0.2) is 9.18 Å². The molecule has 0 unspecified atom stereocenters. The van der Waals surface area contributed by atoms with Crippen molar-refractivity contribution in [2.24, 2.45) is 0 Å². The van der Waals surface area contributed by atoms with E-state index in [-0.39, 0.29) is 24.0 Å². The summed E-state index contributed by atoms with van der Waals surface area (Å²) >= 11 is 0. The lowest BCUT2D eigenvalue weighted by Gasteiger charge is -2.00. The number of pyridine rings is 1. The quantitative estimate of drug-likeness (QED) is 0.635. The highest BCUT2D eigenvalue weighted by Crippen LogP contribution is 2.20. The number of nitrogens with zero attached hydrogens (tertiary/aromatic N) is 4. The average Bonchev–Trinajstić information content (AvgIpc) is 2.79. The van der Waals surface area contributed by atoms with Gasteiger partial charge in [0, 0.05) is 6.20 Å². The molecule has 0 fully saturated rings. The van der Waals surface area contributed by atoms with E-state index < -0.39 is 18.4 Å². The molecule has 1 N–H and O–H groups in total. The number of hydrogen-bond donors (Lipinski definition) is 1. The summed E-state index contributed by atoms with van der Waals surface area (Å²) in [4.78, 5) is 18.8. The first-order valence-corrected chi connectivity index (χ1v) is 5.66. The van der Waals surface area contributed by atoms with Crippen LogP contribution >= 0.6 is 0 Å². The summed E-state index contributed by atoms with van der Waals surface area (Å²) in [6.45, 7) is 1.47. The first-order valence-electron chi connectivity index (χ1n) is 5.66. The van der Waals surface area contributed by atoms with Gasteiger partial charge < -0.3 is 14.7 Å². The normalized spacial score (nSPS) is 10.3. The molecule has 2 aromatic heterocycles. The lowest BCUT2D eigenvalue weighted by Crippen LogP contribution is -2.15. The van der Waals surface area contributed by atoms with Gasteiger partial charge in [-0.15, -0.1) is 0 Å². The van der Waals surface area contributed by atoms with Crippen molar-refractivity contribution in [2.75, 3.05) is 13.2 Å². The maximum absolute atomic E-state index is 13.5. The molecule has 0 saturated heterocycles. The molecule has 0 aliphatic rings. The van der Waals surface area contributed by atoms with Crippen LogP contribution in [0.25, 0.3) is 11.4 Å². The van der Waals surface area contributed by atoms with E-state index in [1.807, 2.05) is 0 Å². The van der Waals surface area contributed by atoms with Gasteiger partial charge in [-0.3, -0.25) is 4.98 Å². The second-order valence-electron chi connectivity index (χ2n) is 3.56. The first-order chi connectivity index (χ1) is 9.61. The van der Waals surface area contributed by atoms with Crippen molar-refractivity contribution in [1.82, 2.24) is 19.9 Å². The van der Waals surface area contributed by atoms with E-state index in [1.165, 1.54) is 12.3 Å².